The van der Waals surface area contributed by atoms with E-state index >= 15 is 0 Å². The van der Waals surface area contributed by atoms with Gasteiger partial charge in [0.25, 0.3) is 0 Å². The molecule has 1 N–H and O–H groups in total. The van der Waals surface area contributed by atoms with Crippen molar-refractivity contribution < 1.29 is 23.9 Å². The molecule has 1 aromatic rings. The predicted molar refractivity (Wildman–Crippen MR) is 66.4 cm³/mol. The third-order valence-electron chi connectivity index (χ3n) is 2.03. The van der Waals surface area contributed by atoms with E-state index in [0.29, 0.717) is 19.2 Å². The highest BCUT2D eigenvalue weighted by Crippen LogP contribution is 2.22. The molecule has 97 valence electrons. The Morgan fingerprint density at radius 1 is 1.28 bits per heavy atom. The van der Waals surface area contributed by atoms with E-state index in [1.54, 1.807) is 24.3 Å². The van der Waals surface area contributed by atoms with Crippen LogP contribution in [-0.4, -0.2) is 30.9 Å². The summed E-state index contributed by atoms with van der Waals surface area (Å²) >= 11 is 0. The van der Waals surface area contributed by atoms with Crippen LogP contribution in [0.2, 0.25) is 0 Å². The molecule has 1 radical (unpaired) electrons. The van der Waals surface area contributed by atoms with Crippen molar-refractivity contribution in [2.24, 2.45) is 0 Å². The van der Waals surface area contributed by atoms with Crippen molar-refractivity contribution in [3.8, 4) is 11.5 Å². The summed E-state index contributed by atoms with van der Waals surface area (Å²) in [5.41, 5.74) is -0.614. The van der Waals surface area contributed by atoms with Gasteiger partial charge in [-0.1, -0.05) is 0 Å². The Hall–Kier alpha value is -1.69. The van der Waals surface area contributed by atoms with Gasteiger partial charge in [-0.2, -0.15) is 0 Å². The summed E-state index contributed by atoms with van der Waals surface area (Å²) in [4.78, 5) is 10.7. The summed E-state index contributed by atoms with van der Waals surface area (Å²) in [6, 6.07) is 6.72. The van der Waals surface area contributed by atoms with Gasteiger partial charge in [0.2, 0.25) is 0 Å². The van der Waals surface area contributed by atoms with E-state index in [-0.39, 0.29) is 12.6 Å². The Labute approximate surface area is 107 Å². The Morgan fingerprint density at radius 3 is 2.33 bits per heavy atom. The van der Waals surface area contributed by atoms with Crippen molar-refractivity contribution in [1.82, 2.24) is 0 Å². The highest BCUT2D eigenvalue weighted by Gasteiger charge is 2.21. The van der Waals surface area contributed by atoms with Gasteiger partial charge in [0.05, 0.1) is 0 Å². The zero-order chi connectivity index (χ0) is 13.6. The van der Waals surface area contributed by atoms with Gasteiger partial charge in [-0.05, 0) is 38.1 Å². The first-order valence-corrected chi connectivity index (χ1v) is 5.48. The van der Waals surface area contributed by atoms with Gasteiger partial charge < -0.3 is 19.2 Å². The second kappa shape index (κ2) is 6.30. The molecule has 18 heavy (non-hydrogen) atoms. The molecule has 0 heterocycles. The van der Waals surface area contributed by atoms with Gasteiger partial charge in [0.15, 0.2) is 0 Å². The summed E-state index contributed by atoms with van der Waals surface area (Å²) in [6.07, 6.45) is 0. The van der Waals surface area contributed by atoms with Crippen molar-refractivity contribution in [2.45, 2.75) is 26.4 Å². The first-order valence-electron chi connectivity index (χ1n) is 5.48. The number of esters is 1. The summed E-state index contributed by atoms with van der Waals surface area (Å²) in [5.74, 6) is 0.786. The van der Waals surface area contributed by atoms with E-state index in [1.165, 1.54) is 6.92 Å². The largest absolute Gasteiger partial charge is 0.569 e. The van der Waals surface area contributed by atoms with Crippen molar-refractivity contribution in [3.05, 3.63) is 24.3 Å². The average molecular weight is 251 g/mol. The number of ether oxygens (including phenoxy) is 2. The third kappa shape index (κ3) is 5.10. The van der Waals surface area contributed by atoms with E-state index in [0.717, 1.165) is 0 Å². The minimum Gasteiger partial charge on any atom is -0.537 e. The van der Waals surface area contributed by atoms with Crippen molar-refractivity contribution in [1.29, 1.82) is 0 Å². The molecule has 1 aromatic carbocycles. The maximum Gasteiger partial charge on any atom is 0.569 e. The summed E-state index contributed by atoms with van der Waals surface area (Å²) < 4.78 is 15.4. The molecule has 0 fully saturated rings. The lowest BCUT2D eigenvalue weighted by Gasteiger charge is -2.25. The summed E-state index contributed by atoms with van der Waals surface area (Å²) in [5, 5.41) is 8.47. The van der Waals surface area contributed by atoms with Crippen LogP contribution in [0.4, 0.5) is 0 Å². The SMILES string of the molecule is CC(=O)OCC(C)(C)Oc1ccc(O[B]O)cc1. The molecule has 0 atom stereocenters. The standard InChI is InChI=1S/C12H16BO5/c1-9(14)16-8-12(2,3)17-10-4-6-11(7-5-10)18-13-15/h4-7,15H,8H2,1-3H3. The lowest BCUT2D eigenvalue weighted by atomic mass is 10.1. The molecule has 0 spiro atoms. The zero-order valence-corrected chi connectivity index (χ0v) is 10.7. The number of carbonyl (C=O) groups excluding carboxylic acids is 1. The van der Waals surface area contributed by atoms with Crippen LogP contribution in [0.15, 0.2) is 24.3 Å². The molecule has 0 saturated heterocycles. The molecule has 0 bridgehead atoms. The highest BCUT2D eigenvalue weighted by molar-refractivity contribution is 6.17. The molecule has 0 aliphatic rings. The minimum atomic E-state index is -0.614. The van der Waals surface area contributed by atoms with E-state index in [1.807, 2.05) is 13.8 Å². The van der Waals surface area contributed by atoms with Gasteiger partial charge >= 0.3 is 13.7 Å². The molecular weight excluding hydrogens is 235 g/mol. The lowest BCUT2D eigenvalue weighted by molar-refractivity contribution is -0.146. The van der Waals surface area contributed by atoms with Gasteiger partial charge in [0, 0.05) is 6.92 Å². The van der Waals surface area contributed by atoms with Gasteiger partial charge in [-0.3, -0.25) is 4.79 Å². The molecule has 6 heteroatoms. The van der Waals surface area contributed by atoms with Crippen molar-refractivity contribution in [3.63, 3.8) is 0 Å². The van der Waals surface area contributed by atoms with Crippen LogP contribution in [0.5, 0.6) is 11.5 Å². The maximum atomic E-state index is 10.7. The normalized spacial score (nSPS) is 10.7. The Balaban J connectivity index is 2.57. The second-order valence-electron chi connectivity index (χ2n) is 4.34. The van der Waals surface area contributed by atoms with Gasteiger partial charge in [-0.15, -0.1) is 0 Å². The van der Waals surface area contributed by atoms with E-state index < -0.39 is 5.60 Å². The zero-order valence-electron chi connectivity index (χ0n) is 10.7. The molecule has 0 aliphatic carbocycles. The quantitative estimate of drug-likeness (QED) is 0.610. The van der Waals surface area contributed by atoms with E-state index in [4.69, 9.17) is 19.2 Å². The number of benzene rings is 1. The molecule has 0 aromatic heterocycles. The summed E-state index contributed by atoms with van der Waals surface area (Å²) in [7, 11) is 0.612. The van der Waals surface area contributed by atoms with Crippen LogP contribution < -0.4 is 9.39 Å². The summed E-state index contributed by atoms with van der Waals surface area (Å²) in [6.45, 7) is 5.17. The molecule has 5 nitrogen and oxygen atoms in total. The van der Waals surface area contributed by atoms with Crippen LogP contribution >= 0.6 is 0 Å². The fraction of sp³-hybridized carbons (Fsp3) is 0.417. The second-order valence-corrected chi connectivity index (χ2v) is 4.34. The molecule has 0 amide bonds. The fourth-order valence-corrected chi connectivity index (χ4v) is 1.27. The minimum absolute atomic E-state index is 0.172. The fourth-order valence-electron chi connectivity index (χ4n) is 1.27. The Kier molecular flexibility index (Phi) is 5.03. The van der Waals surface area contributed by atoms with Crippen LogP contribution in [0.25, 0.3) is 0 Å². The maximum absolute atomic E-state index is 10.7. The number of hydrogen-bond donors (Lipinski definition) is 1. The Morgan fingerprint density at radius 2 is 1.83 bits per heavy atom. The topological polar surface area (TPSA) is 65.0 Å². The molecule has 0 unspecified atom stereocenters. The van der Waals surface area contributed by atoms with Gasteiger partial charge in [-0.25, -0.2) is 0 Å². The highest BCUT2D eigenvalue weighted by atomic mass is 16.6. The smallest absolute Gasteiger partial charge is 0.537 e. The van der Waals surface area contributed by atoms with Crippen LogP contribution in [0.3, 0.4) is 0 Å². The first-order chi connectivity index (χ1) is 8.43. The van der Waals surface area contributed by atoms with Crippen molar-refractivity contribution >= 4 is 13.7 Å². The number of carbonyl (C=O) groups is 1. The monoisotopic (exact) mass is 251 g/mol. The number of hydrogen-bond acceptors (Lipinski definition) is 5. The molecule has 0 aliphatic heterocycles. The number of rotatable bonds is 6. The molecule has 0 saturated carbocycles. The predicted octanol–water partition coefficient (Wildman–Crippen LogP) is 1.31. The first kappa shape index (κ1) is 14.4. The third-order valence-corrected chi connectivity index (χ3v) is 2.03. The Bertz CT molecular complexity index is 388. The van der Waals surface area contributed by atoms with Gasteiger partial charge in [0.1, 0.15) is 23.7 Å². The molecular formula is C12H16BO5. The average Bonchev–Trinajstić information content (AvgIpc) is 2.29. The molecule has 1 rings (SSSR count). The lowest BCUT2D eigenvalue weighted by Crippen LogP contribution is -2.34. The van der Waals surface area contributed by atoms with Crippen LogP contribution in [0, 0.1) is 0 Å². The van der Waals surface area contributed by atoms with E-state index in [9.17, 15) is 4.79 Å². The van der Waals surface area contributed by atoms with E-state index in [2.05, 4.69) is 0 Å². The van der Waals surface area contributed by atoms with Crippen LogP contribution in [0.1, 0.15) is 20.8 Å². The van der Waals surface area contributed by atoms with Crippen molar-refractivity contribution in [2.75, 3.05) is 6.61 Å². The van der Waals surface area contributed by atoms with Crippen LogP contribution in [-0.2, 0) is 9.53 Å².